The minimum Gasteiger partial charge on any atom is -0.325 e. The maximum absolute atomic E-state index is 13.8. The van der Waals surface area contributed by atoms with Gasteiger partial charge in [0.25, 0.3) is 0 Å². The van der Waals surface area contributed by atoms with Crippen molar-refractivity contribution in [1.29, 1.82) is 0 Å². The Labute approximate surface area is 145 Å². The number of nitrogens with one attached hydrogen (secondary N) is 2. The van der Waals surface area contributed by atoms with Crippen molar-refractivity contribution < 1.29 is 18.4 Å². The predicted octanol–water partition coefficient (Wildman–Crippen LogP) is 3.85. The summed E-state index contributed by atoms with van der Waals surface area (Å²) in [5.74, 6) is -1.73. The van der Waals surface area contributed by atoms with Crippen molar-refractivity contribution in [2.75, 3.05) is 5.32 Å². The van der Waals surface area contributed by atoms with E-state index in [0.717, 1.165) is 6.07 Å². The van der Waals surface area contributed by atoms with Gasteiger partial charge in [-0.3, -0.25) is 14.9 Å². The van der Waals surface area contributed by atoms with Gasteiger partial charge in [0.2, 0.25) is 5.91 Å². The molecule has 0 aliphatic rings. The summed E-state index contributed by atoms with van der Waals surface area (Å²) < 4.78 is 26.8. The van der Waals surface area contributed by atoms with Crippen molar-refractivity contribution in [1.82, 2.24) is 5.32 Å². The summed E-state index contributed by atoms with van der Waals surface area (Å²) in [7, 11) is 0. The zero-order valence-electron chi connectivity index (χ0n) is 14.3. The summed E-state index contributed by atoms with van der Waals surface area (Å²) in [4.78, 5) is 23.7. The van der Waals surface area contributed by atoms with Crippen LogP contribution in [-0.2, 0) is 4.79 Å². The molecule has 0 spiro atoms. The van der Waals surface area contributed by atoms with Gasteiger partial charge in [-0.15, -0.1) is 0 Å². The second-order valence-corrected chi connectivity index (χ2v) is 5.90. The third-order valence-electron chi connectivity index (χ3n) is 3.86. The summed E-state index contributed by atoms with van der Waals surface area (Å²) in [6.07, 6.45) is 0. The molecule has 1 amide bonds. The molecule has 2 aromatic carbocycles. The fourth-order valence-corrected chi connectivity index (χ4v) is 2.46. The largest absolute Gasteiger partial charge is 0.325 e. The Hall–Kier alpha value is -2.60. The lowest BCUT2D eigenvalue weighted by Crippen LogP contribution is -2.39. The first kappa shape index (κ1) is 18.7. The molecule has 0 aliphatic heterocycles. The topological polar surface area (TPSA) is 58.2 Å². The van der Waals surface area contributed by atoms with E-state index in [4.69, 9.17) is 0 Å². The van der Waals surface area contributed by atoms with Crippen LogP contribution in [0.3, 0.4) is 0 Å². The molecule has 0 fully saturated rings. The van der Waals surface area contributed by atoms with Crippen LogP contribution in [0.1, 0.15) is 42.7 Å². The van der Waals surface area contributed by atoms with Crippen molar-refractivity contribution in [3.8, 4) is 0 Å². The van der Waals surface area contributed by atoms with Crippen molar-refractivity contribution >= 4 is 17.4 Å². The number of hydrogen-bond acceptors (Lipinski definition) is 3. The maximum Gasteiger partial charge on any atom is 0.241 e. The van der Waals surface area contributed by atoms with Crippen LogP contribution in [0, 0.1) is 11.6 Å². The molecule has 6 heteroatoms. The molecular formula is C19H20F2N2O2. The number of benzene rings is 2. The first-order chi connectivity index (χ1) is 11.8. The number of rotatable bonds is 6. The molecule has 0 unspecified atom stereocenters. The second kappa shape index (κ2) is 7.98. The monoisotopic (exact) mass is 346 g/mol. The van der Waals surface area contributed by atoms with E-state index >= 15 is 0 Å². The molecule has 0 bridgehead atoms. The van der Waals surface area contributed by atoms with Crippen LogP contribution in [0.2, 0.25) is 0 Å². The molecule has 2 aromatic rings. The summed E-state index contributed by atoms with van der Waals surface area (Å²) in [5, 5.41) is 5.68. The molecule has 0 saturated heterocycles. The summed E-state index contributed by atoms with van der Waals surface area (Å²) in [6.45, 7) is 4.78. The highest BCUT2D eigenvalue weighted by molar-refractivity contribution is 5.98. The van der Waals surface area contributed by atoms with Gasteiger partial charge in [-0.2, -0.15) is 0 Å². The average Bonchev–Trinajstić information content (AvgIpc) is 2.54. The molecule has 0 aliphatic carbocycles. The standard InChI is InChI=1S/C19H20F2N2O2/c1-11(17-8-7-15(20)10-18(17)21)22-12(2)19(25)23-16-6-4-5-14(9-16)13(3)24/h4-12,22H,1-3H3,(H,23,25)/t11-,12-/m1/s1. The molecule has 25 heavy (non-hydrogen) atoms. The molecular weight excluding hydrogens is 326 g/mol. The number of Topliss-reactive ketones (excluding diaryl/α,β-unsaturated/α-hetero) is 1. The smallest absolute Gasteiger partial charge is 0.241 e. The normalized spacial score (nSPS) is 13.2. The third kappa shape index (κ3) is 4.93. The number of carbonyl (C=O) groups excluding carboxylic acids is 2. The summed E-state index contributed by atoms with van der Waals surface area (Å²) in [6, 6.07) is 8.85. The van der Waals surface area contributed by atoms with Gasteiger partial charge in [-0.05, 0) is 39.0 Å². The van der Waals surface area contributed by atoms with E-state index in [-0.39, 0.29) is 17.3 Å². The van der Waals surface area contributed by atoms with Gasteiger partial charge < -0.3 is 5.32 Å². The van der Waals surface area contributed by atoms with E-state index in [1.165, 1.54) is 19.1 Å². The van der Waals surface area contributed by atoms with Crippen LogP contribution in [0.4, 0.5) is 14.5 Å². The Morgan fingerprint density at radius 3 is 2.40 bits per heavy atom. The second-order valence-electron chi connectivity index (χ2n) is 5.90. The number of anilines is 1. The van der Waals surface area contributed by atoms with Gasteiger partial charge in [0, 0.05) is 28.9 Å². The Balaban J connectivity index is 2.02. The SMILES string of the molecule is CC(=O)c1cccc(NC(=O)[C@@H](C)N[C@H](C)c2ccc(F)cc2F)c1. The molecule has 4 nitrogen and oxygen atoms in total. The third-order valence-corrected chi connectivity index (χ3v) is 3.86. The lowest BCUT2D eigenvalue weighted by molar-refractivity contribution is -0.117. The number of amides is 1. The van der Waals surface area contributed by atoms with Crippen LogP contribution in [-0.4, -0.2) is 17.7 Å². The van der Waals surface area contributed by atoms with Gasteiger partial charge in [0.15, 0.2) is 5.78 Å². The van der Waals surface area contributed by atoms with Crippen molar-refractivity contribution in [2.24, 2.45) is 0 Å². The van der Waals surface area contributed by atoms with Gasteiger partial charge in [-0.25, -0.2) is 8.78 Å². The highest BCUT2D eigenvalue weighted by atomic mass is 19.1. The fourth-order valence-electron chi connectivity index (χ4n) is 2.46. The quantitative estimate of drug-likeness (QED) is 0.781. The zero-order valence-corrected chi connectivity index (χ0v) is 14.3. The highest BCUT2D eigenvalue weighted by Gasteiger charge is 2.19. The number of hydrogen-bond donors (Lipinski definition) is 2. The number of ketones is 1. The summed E-state index contributed by atoms with van der Waals surface area (Å²) in [5.41, 5.74) is 1.28. The van der Waals surface area contributed by atoms with E-state index in [9.17, 15) is 18.4 Å². The molecule has 2 atom stereocenters. The van der Waals surface area contributed by atoms with E-state index in [2.05, 4.69) is 10.6 Å². The lowest BCUT2D eigenvalue weighted by Gasteiger charge is -2.20. The van der Waals surface area contributed by atoms with Gasteiger partial charge >= 0.3 is 0 Å². The van der Waals surface area contributed by atoms with Crippen LogP contribution >= 0.6 is 0 Å². The van der Waals surface area contributed by atoms with Crippen molar-refractivity contribution in [3.63, 3.8) is 0 Å². The van der Waals surface area contributed by atoms with Crippen LogP contribution < -0.4 is 10.6 Å². The maximum atomic E-state index is 13.8. The van der Waals surface area contributed by atoms with Gasteiger partial charge in [-0.1, -0.05) is 18.2 Å². The minimum absolute atomic E-state index is 0.0947. The highest BCUT2D eigenvalue weighted by Crippen LogP contribution is 2.18. The van der Waals surface area contributed by atoms with Gasteiger partial charge in [0.1, 0.15) is 11.6 Å². The first-order valence-electron chi connectivity index (χ1n) is 7.91. The zero-order chi connectivity index (χ0) is 18.6. The first-order valence-corrected chi connectivity index (χ1v) is 7.91. The molecule has 0 heterocycles. The average molecular weight is 346 g/mol. The van der Waals surface area contributed by atoms with Crippen LogP contribution in [0.25, 0.3) is 0 Å². The van der Waals surface area contributed by atoms with E-state index < -0.39 is 23.7 Å². The van der Waals surface area contributed by atoms with Crippen molar-refractivity contribution in [2.45, 2.75) is 32.9 Å². The molecule has 2 N–H and O–H groups in total. The van der Waals surface area contributed by atoms with E-state index in [1.54, 1.807) is 38.1 Å². The Kier molecular flexibility index (Phi) is 5.98. The van der Waals surface area contributed by atoms with Crippen LogP contribution in [0.15, 0.2) is 42.5 Å². The Morgan fingerprint density at radius 1 is 1.04 bits per heavy atom. The van der Waals surface area contributed by atoms with Crippen molar-refractivity contribution in [3.05, 3.63) is 65.2 Å². The molecule has 0 saturated carbocycles. The minimum atomic E-state index is -0.665. The van der Waals surface area contributed by atoms with Crippen LogP contribution in [0.5, 0.6) is 0 Å². The molecule has 0 radical (unpaired) electrons. The molecule has 0 aromatic heterocycles. The fraction of sp³-hybridized carbons (Fsp3) is 0.263. The lowest BCUT2D eigenvalue weighted by atomic mass is 10.1. The van der Waals surface area contributed by atoms with Gasteiger partial charge in [0.05, 0.1) is 6.04 Å². The Morgan fingerprint density at radius 2 is 1.76 bits per heavy atom. The Bertz CT molecular complexity index is 793. The van der Waals surface area contributed by atoms with E-state index in [1.807, 2.05) is 0 Å². The molecule has 132 valence electrons. The number of carbonyl (C=O) groups is 2. The van der Waals surface area contributed by atoms with E-state index in [0.29, 0.717) is 11.3 Å². The molecule has 2 rings (SSSR count). The number of halogens is 2. The predicted molar refractivity (Wildman–Crippen MR) is 92.4 cm³/mol. The summed E-state index contributed by atoms with van der Waals surface area (Å²) >= 11 is 0.